The second-order valence-electron chi connectivity index (χ2n) is 13.7. The fraction of sp³-hybridized carbons (Fsp3) is 0. The highest BCUT2D eigenvalue weighted by atomic mass is 16.3. The minimum atomic E-state index is 0.879. The molecule has 11 rings (SSSR count). The van der Waals surface area contributed by atoms with E-state index in [1.54, 1.807) is 0 Å². The summed E-state index contributed by atoms with van der Waals surface area (Å²) in [4.78, 5) is 2.37. The molecule has 0 N–H and O–H groups in total. The Kier molecular flexibility index (Phi) is 6.55. The number of fused-ring (bicyclic) bond motifs is 9. The third-order valence-corrected chi connectivity index (χ3v) is 10.7. The fourth-order valence-corrected chi connectivity index (χ4v) is 8.40. The van der Waals surface area contributed by atoms with E-state index in [-0.39, 0.29) is 0 Å². The minimum absolute atomic E-state index is 0.879. The van der Waals surface area contributed by atoms with Gasteiger partial charge in [-0.05, 0) is 94.5 Å². The van der Waals surface area contributed by atoms with E-state index in [2.05, 4.69) is 204 Å². The lowest BCUT2D eigenvalue weighted by atomic mass is 9.98. The molecule has 2 heterocycles. The van der Waals surface area contributed by atoms with E-state index in [0.717, 1.165) is 50.3 Å². The molecule has 3 heteroatoms. The van der Waals surface area contributed by atoms with Gasteiger partial charge in [-0.1, -0.05) is 121 Å². The topological polar surface area (TPSA) is 21.3 Å². The van der Waals surface area contributed by atoms with Crippen LogP contribution in [0.25, 0.3) is 82.1 Å². The molecule has 0 amide bonds. The van der Waals surface area contributed by atoms with E-state index in [9.17, 15) is 0 Å². The first kappa shape index (κ1) is 29.6. The van der Waals surface area contributed by atoms with E-state index in [0.29, 0.717) is 0 Å². The molecule has 0 atom stereocenters. The Labute approximate surface area is 306 Å². The smallest absolute Gasteiger partial charge is 0.136 e. The molecule has 0 saturated carbocycles. The van der Waals surface area contributed by atoms with Crippen LogP contribution >= 0.6 is 0 Å². The van der Waals surface area contributed by atoms with Crippen LogP contribution in [0.2, 0.25) is 0 Å². The molecule has 11 aromatic rings. The van der Waals surface area contributed by atoms with Crippen molar-refractivity contribution in [2.75, 3.05) is 4.90 Å². The normalized spacial score (nSPS) is 11.8. The second-order valence-corrected chi connectivity index (χ2v) is 13.7. The van der Waals surface area contributed by atoms with Crippen molar-refractivity contribution in [3.05, 3.63) is 194 Å². The molecule has 53 heavy (non-hydrogen) atoms. The zero-order chi connectivity index (χ0) is 34.9. The molecule has 0 spiro atoms. The van der Waals surface area contributed by atoms with Crippen molar-refractivity contribution in [1.29, 1.82) is 0 Å². The molecule has 0 aliphatic heterocycles. The molecular weight excluding hydrogens is 645 g/mol. The number of nitrogens with zero attached hydrogens (tertiary/aromatic N) is 2. The standard InChI is InChI=1S/C50H32N2O/c1-3-15-36(16-4-1)51(38-27-25-33-13-7-8-14-34(33)31-38)45-24-12-21-42-41(45)29-30-47-49(42)44-28-26-35(32-48(44)53-47)39-20-11-22-43-40-19-9-10-23-46(40)52(50(39)43)37-17-5-2-6-18-37/h1-32H. The molecule has 0 bridgehead atoms. The molecule has 9 aromatic carbocycles. The molecule has 0 saturated heterocycles. The lowest BCUT2D eigenvalue weighted by Gasteiger charge is -2.27. The average molecular weight is 677 g/mol. The Morgan fingerprint density at radius 1 is 0.415 bits per heavy atom. The highest BCUT2D eigenvalue weighted by molar-refractivity contribution is 6.22. The second kappa shape index (κ2) is 11.7. The zero-order valence-corrected chi connectivity index (χ0v) is 28.8. The molecule has 0 unspecified atom stereocenters. The van der Waals surface area contributed by atoms with Crippen LogP contribution in [-0.4, -0.2) is 4.57 Å². The number of anilines is 3. The van der Waals surface area contributed by atoms with Crippen molar-refractivity contribution in [3.63, 3.8) is 0 Å². The van der Waals surface area contributed by atoms with Gasteiger partial charge in [-0.3, -0.25) is 0 Å². The van der Waals surface area contributed by atoms with Crippen LogP contribution in [0.15, 0.2) is 199 Å². The van der Waals surface area contributed by atoms with Crippen LogP contribution in [0, 0.1) is 0 Å². The van der Waals surface area contributed by atoms with E-state index >= 15 is 0 Å². The van der Waals surface area contributed by atoms with Crippen molar-refractivity contribution >= 4 is 82.4 Å². The van der Waals surface area contributed by atoms with Crippen molar-refractivity contribution in [2.45, 2.75) is 0 Å². The average Bonchev–Trinajstić information content (AvgIpc) is 3.77. The van der Waals surface area contributed by atoms with Crippen molar-refractivity contribution in [1.82, 2.24) is 4.57 Å². The summed E-state index contributed by atoms with van der Waals surface area (Å²) in [6.45, 7) is 0. The van der Waals surface area contributed by atoms with Gasteiger partial charge in [0.05, 0.1) is 16.7 Å². The SMILES string of the molecule is c1ccc(N(c2ccc3ccccc3c2)c2cccc3c2ccc2oc4cc(-c5cccc6c7ccccc7n(-c7ccccc7)c56)ccc4c23)cc1. The maximum Gasteiger partial charge on any atom is 0.136 e. The van der Waals surface area contributed by atoms with E-state index in [1.165, 1.54) is 48.9 Å². The number of benzene rings is 9. The summed E-state index contributed by atoms with van der Waals surface area (Å²) >= 11 is 0. The molecule has 0 fully saturated rings. The van der Waals surface area contributed by atoms with E-state index in [4.69, 9.17) is 4.42 Å². The Balaban J connectivity index is 1.11. The molecule has 0 aliphatic carbocycles. The van der Waals surface area contributed by atoms with Gasteiger partial charge < -0.3 is 13.9 Å². The van der Waals surface area contributed by atoms with Crippen LogP contribution < -0.4 is 4.90 Å². The van der Waals surface area contributed by atoms with Crippen LogP contribution in [0.5, 0.6) is 0 Å². The molecule has 0 aliphatic rings. The number of rotatable bonds is 5. The zero-order valence-electron chi connectivity index (χ0n) is 28.8. The van der Waals surface area contributed by atoms with E-state index in [1.807, 2.05) is 0 Å². The number of aromatic nitrogens is 1. The van der Waals surface area contributed by atoms with Crippen LogP contribution in [0.3, 0.4) is 0 Å². The highest BCUT2D eigenvalue weighted by Gasteiger charge is 2.20. The summed E-state index contributed by atoms with van der Waals surface area (Å²) in [5.41, 5.74) is 10.9. The number of hydrogen-bond donors (Lipinski definition) is 0. The number of furan rings is 1. The lowest BCUT2D eigenvalue weighted by Crippen LogP contribution is -2.10. The first-order valence-electron chi connectivity index (χ1n) is 18.1. The Hall–Kier alpha value is -7.10. The van der Waals surface area contributed by atoms with Gasteiger partial charge in [-0.15, -0.1) is 0 Å². The predicted molar refractivity (Wildman–Crippen MR) is 223 cm³/mol. The Morgan fingerprint density at radius 3 is 2.02 bits per heavy atom. The van der Waals surface area contributed by atoms with Crippen molar-refractivity contribution in [2.24, 2.45) is 0 Å². The van der Waals surface area contributed by atoms with Gasteiger partial charge in [-0.2, -0.15) is 0 Å². The van der Waals surface area contributed by atoms with Gasteiger partial charge in [0.1, 0.15) is 11.2 Å². The maximum atomic E-state index is 6.71. The van der Waals surface area contributed by atoms with Gasteiger partial charge >= 0.3 is 0 Å². The van der Waals surface area contributed by atoms with E-state index < -0.39 is 0 Å². The Bertz CT molecular complexity index is 3170. The molecule has 3 nitrogen and oxygen atoms in total. The molecular formula is C50H32N2O. The number of hydrogen-bond acceptors (Lipinski definition) is 2. The van der Waals surface area contributed by atoms with Crippen LogP contribution in [0.1, 0.15) is 0 Å². The van der Waals surface area contributed by atoms with Gasteiger partial charge in [0.2, 0.25) is 0 Å². The minimum Gasteiger partial charge on any atom is -0.456 e. The summed E-state index contributed by atoms with van der Waals surface area (Å²) in [7, 11) is 0. The highest BCUT2D eigenvalue weighted by Crippen LogP contribution is 2.45. The van der Waals surface area contributed by atoms with Crippen LogP contribution in [-0.2, 0) is 0 Å². The third kappa shape index (κ3) is 4.61. The summed E-state index contributed by atoms with van der Waals surface area (Å²) in [5, 5.41) is 9.50. The summed E-state index contributed by atoms with van der Waals surface area (Å²) in [5.74, 6) is 0. The largest absolute Gasteiger partial charge is 0.456 e. The Morgan fingerprint density at radius 2 is 1.13 bits per heavy atom. The molecule has 2 aromatic heterocycles. The summed E-state index contributed by atoms with van der Waals surface area (Å²) < 4.78 is 9.10. The summed E-state index contributed by atoms with van der Waals surface area (Å²) in [6, 6.07) is 69.6. The van der Waals surface area contributed by atoms with Gasteiger partial charge in [0.25, 0.3) is 0 Å². The van der Waals surface area contributed by atoms with Gasteiger partial charge in [0.15, 0.2) is 0 Å². The predicted octanol–water partition coefficient (Wildman–Crippen LogP) is 14.1. The molecule has 248 valence electrons. The lowest BCUT2D eigenvalue weighted by molar-refractivity contribution is 0.669. The molecule has 0 radical (unpaired) electrons. The van der Waals surface area contributed by atoms with Crippen LogP contribution in [0.4, 0.5) is 17.1 Å². The first-order chi connectivity index (χ1) is 26.3. The monoisotopic (exact) mass is 676 g/mol. The maximum absolute atomic E-state index is 6.71. The summed E-state index contributed by atoms with van der Waals surface area (Å²) in [6.07, 6.45) is 0. The third-order valence-electron chi connectivity index (χ3n) is 10.7. The van der Waals surface area contributed by atoms with Gasteiger partial charge in [-0.25, -0.2) is 0 Å². The fourth-order valence-electron chi connectivity index (χ4n) is 8.40. The quantitative estimate of drug-likeness (QED) is 0.181. The first-order valence-corrected chi connectivity index (χ1v) is 18.1. The van der Waals surface area contributed by atoms with Gasteiger partial charge in [0, 0.05) is 49.6 Å². The van der Waals surface area contributed by atoms with Crippen molar-refractivity contribution < 1.29 is 4.42 Å². The van der Waals surface area contributed by atoms with Crippen molar-refractivity contribution in [3.8, 4) is 16.8 Å². The number of para-hydroxylation sites is 4.